The van der Waals surface area contributed by atoms with Crippen molar-refractivity contribution in [1.82, 2.24) is 10.2 Å². The van der Waals surface area contributed by atoms with Crippen LogP contribution in [0.1, 0.15) is 49.9 Å². The van der Waals surface area contributed by atoms with Gasteiger partial charge in [0.15, 0.2) is 0 Å². The zero-order chi connectivity index (χ0) is 18.2. The van der Waals surface area contributed by atoms with Crippen molar-refractivity contribution in [3.8, 4) is 0 Å². The molecule has 1 aromatic rings. The van der Waals surface area contributed by atoms with Gasteiger partial charge in [-0.3, -0.25) is 19.3 Å². The van der Waals surface area contributed by atoms with E-state index in [1.165, 1.54) is 4.90 Å². The maximum atomic E-state index is 12.2. The van der Waals surface area contributed by atoms with Gasteiger partial charge in [-0.05, 0) is 44.0 Å². The highest BCUT2D eigenvalue weighted by atomic mass is 16.2. The van der Waals surface area contributed by atoms with Gasteiger partial charge in [-0.2, -0.15) is 0 Å². The van der Waals surface area contributed by atoms with Crippen LogP contribution < -0.4 is 10.2 Å². The molecule has 1 saturated heterocycles. The van der Waals surface area contributed by atoms with Crippen LogP contribution in [-0.2, 0) is 9.59 Å². The molecule has 0 spiro atoms. The number of carbonyl (C=O) groups excluding carboxylic acids is 3. The highest BCUT2D eigenvalue weighted by Gasteiger charge is 2.27. The van der Waals surface area contributed by atoms with Crippen LogP contribution in [0.4, 0.5) is 5.69 Å². The SMILES string of the molecule is CCCN(CC)c1ccc(C(=O)NCCCN2C(=O)CCC2=O)cc1. The molecule has 2 rings (SSSR count). The molecule has 0 unspecified atom stereocenters. The number of hydrogen-bond donors (Lipinski definition) is 1. The van der Waals surface area contributed by atoms with E-state index in [1.807, 2.05) is 24.3 Å². The molecule has 0 atom stereocenters. The summed E-state index contributed by atoms with van der Waals surface area (Å²) in [6.07, 6.45) is 2.27. The Labute approximate surface area is 149 Å². The summed E-state index contributed by atoms with van der Waals surface area (Å²) in [5, 5.41) is 2.84. The van der Waals surface area contributed by atoms with Crippen LogP contribution in [0.2, 0.25) is 0 Å². The van der Waals surface area contributed by atoms with Crippen LogP contribution in [0.3, 0.4) is 0 Å². The third kappa shape index (κ3) is 5.05. The van der Waals surface area contributed by atoms with E-state index in [0.717, 1.165) is 25.2 Å². The summed E-state index contributed by atoms with van der Waals surface area (Å²) in [6.45, 7) is 7.01. The number of imide groups is 1. The molecule has 3 amide bonds. The first-order chi connectivity index (χ1) is 12.1. The summed E-state index contributed by atoms with van der Waals surface area (Å²) < 4.78 is 0. The Morgan fingerprint density at radius 1 is 1.12 bits per heavy atom. The first-order valence-corrected chi connectivity index (χ1v) is 9.03. The Morgan fingerprint density at radius 3 is 2.32 bits per heavy atom. The minimum absolute atomic E-state index is 0.112. The Bertz CT molecular complexity index is 597. The number of nitrogens with zero attached hydrogens (tertiary/aromatic N) is 2. The molecule has 1 fully saturated rings. The van der Waals surface area contributed by atoms with Gasteiger partial charge in [0.2, 0.25) is 11.8 Å². The topological polar surface area (TPSA) is 69.7 Å². The lowest BCUT2D eigenvalue weighted by atomic mass is 10.1. The zero-order valence-corrected chi connectivity index (χ0v) is 15.1. The molecule has 25 heavy (non-hydrogen) atoms. The van der Waals surface area contributed by atoms with Crippen LogP contribution in [-0.4, -0.2) is 48.8 Å². The summed E-state index contributed by atoms with van der Waals surface area (Å²) in [5.41, 5.74) is 1.73. The van der Waals surface area contributed by atoms with Crippen LogP contribution in [0.25, 0.3) is 0 Å². The number of anilines is 1. The van der Waals surface area contributed by atoms with Crippen molar-refractivity contribution in [3.05, 3.63) is 29.8 Å². The molecule has 0 aliphatic carbocycles. The fourth-order valence-corrected chi connectivity index (χ4v) is 2.98. The average molecular weight is 345 g/mol. The number of rotatable bonds is 9. The van der Waals surface area contributed by atoms with Gasteiger partial charge in [-0.15, -0.1) is 0 Å². The fraction of sp³-hybridized carbons (Fsp3) is 0.526. The van der Waals surface area contributed by atoms with Crippen molar-refractivity contribution in [3.63, 3.8) is 0 Å². The zero-order valence-electron chi connectivity index (χ0n) is 15.1. The Kier molecular flexibility index (Phi) is 6.98. The number of carbonyl (C=O) groups is 3. The summed E-state index contributed by atoms with van der Waals surface area (Å²) in [4.78, 5) is 38.7. The second-order valence-electron chi connectivity index (χ2n) is 6.18. The molecule has 1 aliphatic rings. The summed E-state index contributed by atoms with van der Waals surface area (Å²) in [6, 6.07) is 7.60. The van der Waals surface area contributed by atoms with Crippen molar-refractivity contribution >= 4 is 23.4 Å². The third-order valence-corrected chi connectivity index (χ3v) is 4.37. The summed E-state index contributed by atoms with van der Waals surface area (Å²) >= 11 is 0. The van der Waals surface area contributed by atoms with Gasteiger partial charge in [0.05, 0.1) is 0 Å². The van der Waals surface area contributed by atoms with Gasteiger partial charge in [-0.25, -0.2) is 0 Å². The second-order valence-corrected chi connectivity index (χ2v) is 6.18. The molecule has 0 saturated carbocycles. The van der Waals surface area contributed by atoms with E-state index < -0.39 is 0 Å². The van der Waals surface area contributed by atoms with Crippen molar-refractivity contribution in [2.45, 2.75) is 39.5 Å². The lowest BCUT2D eigenvalue weighted by Crippen LogP contribution is -2.33. The average Bonchev–Trinajstić information content (AvgIpc) is 2.95. The van der Waals surface area contributed by atoms with Gasteiger partial charge in [0, 0.05) is 50.3 Å². The van der Waals surface area contributed by atoms with Crippen LogP contribution >= 0.6 is 0 Å². The number of likely N-dealkylation sites (tertiary alicyclic amines) is 1. The number of hydrogen-bond acceptors (Lipinski definition) is 4. The van der Waals surface area contributed by atoms with Crippen LogP contribution in [0, 0.1) is 0 Å². The Morgan fingerprint density at radius 2 is 1.76 bits per heavy atom. The quantitative estimate of drug-likeness (QED) is 0.550. The predicted molar refractivity (Wildman–Crippen MR) is 97.5 cm³/mol. The smallest absolute Gasteiger partial charge is 0.251 e. The Balaban J connectivity index is 1.78. The number of amides is 3. The lowest BCUT2D eigenvalue weighted by Gasteiger charge is -2.22. The minimum Gasteiger partial charge on any atom is -0.372 e. The monoisotopic (exact) mass is 345 g/mol. The van der Waals surface area contributed by atoms with Crippen LogP contribution in [0.15, 0.2) is 24.3 Å². The van der Waals surface area contributed by atoms with Crippen molar-refractivity contribution in [2.24, 2.45) is 0 Å². The second kappa shape index (κ2) is 9.20. The molecule has 1 heterocycles. The fourth-order valence-electron chi connectivity index (χ4n) is 2.98. The first kappa shape index (κ1) is 19.0. The number of benzene rings is 1. The lowest BCUT2D eigenvalue weighted by molar-refractivity contribution is -0.138. The number of nitrogens with one attached hydrogen (secondary N) is 1. The van der Waals surface area contributed by atoms with Gasteiger partial charge in [0.25, 0.3) is 5.91 Å². The van der Waals surface area contributed by atoms with E-state index in [0.29, 0.717) is 37.9 Å². The molecule has 1 N–H and O–H groups in total. The molecular formula is C19H27N3O3. The molecule has 0 aromatic heterocycles. The largest absolute Gasteiger partial charge is 0.372 e. The summed E-state index contributed by atoms with van der Waals surface area (Å²) in [5.74, 6) is -0.358. The highest BCUT2D eigenvalue weighted by molar-refractivity contribution is 6.01. The molecule has 136 valence electrons. The van der Waals surface area contributed by atoms with Gasteiger partial charge < -0.3 is 10.2 Å². The maximum absolute atomic E-state index is 12.2. The predicted octanol–water partition coefficient (Wildman–Crippen LogP) is 2.19. The molecule has 1 aliphatic heterocycles. The molecule has 6 heteroatoms. The van der Waals surface area contributed by atoms with Gasteiger partial charge >= 0.3 is 0 Å². The minimum atomic E-state index is -0.135. The third-order valence-electron chi connectivity index (χ3n) is 4.37. The van der Waals surface area contributed by atoms with Gasteiger partial charge in [0.1, 0.15) is 0 Å². The van der Waals surface area contributed by atoms with E-state index in [9.17, 15) is 14.4 Å². The van der Waals surface area contributed by atoms with Crippen molar-refractivity contribution in [2.75, 3.05) is 31.1 Å². The molecule has 1 aromatic carbocycles. The van der Waals surface area contributed by atoms with E-state index in [2.05, 4.69) is 24.1 Å². The molecule has 0 radical (unpaired) electrons. The highest BCUT2D eigenvalue weighted by Crippen LogP contribution is 2.15. The van der Waals surface area contributed by atoms with Gasteiger partial charge in [-0.1, -0.05) is 6.92 Å². The van der Waals surface area contributed by atoms with Crippen molar-refractivity contribution in [1.29, 1.82) is 0 Å². The molecule has 0 bridgehead atoms. The maximum Gasteiger partial charge on any atom is 0.251 e. The molecule has 6 nitrogen and oxygen atoms in total. The normalized spacial score (nSPS) is 14.1. The van der Waals surface area contributed by atoms with Crippen LogP contribution in [0.5, 0.6) is 0 Å². The standard InChI is InChI=1S/C19H27N3O3/c1-3-13-21(4-2)16-8-6-15(7-9-16)19(25)20-12-5-14-22-17(23)10-11-18(22)24/h6-9H,3-5,10-14H2,1-2H3,(H,20,25). The summed E-state index contributed by atoms with van der Waals surface area (Å²) in [7, 11) is 0. The van der Waals surface area contributed by atoms with E-state index in [4.69, 9.17) is 0 Å². The van der Waals surface area contributed by atoms with E-state index in [-0.39, 0.29) is 17.7 Å². The van der Waals surface area contributed by atoms with E-state index >= 15 is 0 Å². The van der Waals surface area contributed by atoms with E-state index in [1.54, 1.807) is 0 Å². The molecular weight excluding hydrogens is 318 g/mol. The first-order valence-electron chi connectivity index (χ1n) is 9.03. The Hall–Kier alpha value is -2.37. The van der Waals surface area contributed by atoms with Crippen molar-refractivity contribution < 1.29 is 14.4 Å².